The van der Waals surface area contributed by atoms with Crippen LogP contribution in [0, 0.1) is 0 Å². The van der Waals surface area contributed by atoms with E-state index in [2.05, 4.69) is 0 Å². The van der Waals surface area contributed by atoms with Gasteiger partial charge in [0.2, 0.25) is 20.0 Å². The van der Waals surface area contributed by atoms with E-state index in [1.165, 1.54) is 8.61 Å². The molecule has 0 spiro atoms. The van der Waals surface area contributed by atoms with Crippen LogP contribution in [0.15, 0.2) is 82.6 Å². The van der Waals surface area contributed by atoms with Gasteiger partial charge in [-0.05, 0) is 24.3 Å². The molecule has 4 aromatic rings. The molecule has 1 saturated heterocycles. The number of fused-ring (bicyclic) bond motifs is 2. The first-order chi connectivity index (χ1) is 18.0. The van der Waals surface area contributed by atoms with Crippen molar-refractivity contribution in [1.82, 2.24) is 8.61 Å². The van der Waals surface area contributed by atoms with Crippen LogP contribution >= 0.6 is 0 Å². The first kappa shape index (κ1) is 26.4. The zero-order valence-corrected chi connectivity index (χ0v) is 23.6. The molecule has 0 N–H and O–H groups in total. The second kappa shape index (κ2) is 9.85. The zero-order valence-electron chi connectivity index (χ0n) is 22.0. The maximum Gasteiger partial charge on any atom is 0.243 e. The lowest BCUT2D eigenvalue weighted by molar-refractivity contribution is 0.273. The molecule has 0 unspecified atom stereocenters. The van der Waals surface area contributed by atoms with Crippen molar-refractivity contribution in [3.63, 3.8) is 0 Å². The molecule has 38 heavy (non-hydrogen) atoms. The molecule has 1 fully saturated rings. The summed E-state index contributed by atoms with van der Waals surface area (Å²) < 4.78 is 57.7. The van der Waals surface area contributed by atoms with E-state index in [4.69, 9.17) is 0 Å². The van der Waals surface area contributed by atoms with Gasteiger partial charge in [-0.2, -0.15) is 8.61 Å². The predicted octanol–water partition coefficient (Wildman–Crippen LogP) is 3.82. The minimum absolute atomic E-state index is 0.0824. The van der Waals surface area contributed by atoms with Crippen molar-refractivity contribution in [1.29, 1.82) is 0 Å². The highest BCUT2D eigenvalue weighted by molar-refractivity contribution is 7.89. The van der Waals surface area contributed by atoms with Crippen LogP contribution in [0.4, 0.5) is 11.4 Å². The highest BCUT2D eigenvalue weighted by Gasteiger charge is 2.35. The van der Waals surface area contributed by atoms with Crippen molar-refractivity contribution in [3.8, 4) is 0 Å². The standard InChI is InChI=1S/C28H32N4O4S2/c1-29(2)25-13-5-11-23-21(25)9-7-15-27(23)37(33,34)31-17-19-32(20-18-31)38(35,36)28-16-8-10-22-24(28)12-6-14-26(22)30(3)4/h5-16H,17-20H2,1-4H3. The van der Waals surface area contributed by atoms with Gasteiger partial charge in [-0.15, -0.1) is 0 Å². The minimum Gasteiger partial charge on any atom is -0.377 e. The quantitative estimate of drug-likeness (QED) is 0.362. The molecule has 8 nitrogen and oxygen atoms in total. The number of benzene rings is 4. The third-order valence-electron chi connectivity index (χ3n) is 7.11. The normalized spacial score (nSPS) is 15.7. The highest BCUT2D eigenvalue weighted by atomic mass is 32.2. The Hall–Kier alpha value is -3.18. The zero-order chi connectivity index (χ0) is 27.2. The predicted molar refractivity (Wildman–Crippen MR) is 154 cm³/mol. The third-order valence-corrected chi connectivity index (χ3v) is 11.0. The van der Waals surface area contributed by atoms with E-state index in [0.717, 1.165) is 22.1 Å². The molecule has 200 valence electrons. The monoisotopic (exact) mass is 552 g/mol. The first-order valence-corrected chi connectivity index (χ1v) is 15.3. The van der Waals surface area contributed by atoms with Crippen LogP contribution in [0.2, 0.25) is 0 Å². The van der Waals surface area contributed by atoms with Gasteiger partial charge in [0.25, 0.3) is 0 Å². The summed E-state index contributed by atoms with van der Waals surface area (Å²) in [7, 11) is 0.0406. The molecule has 0 amide bonds. The fourth-order valence-corrected chi connectivity index (χ4v) is 8.44. The van der Waals surface area contributed by atoms with Crippen molar-refractivity contribution in [2.24, 2.45) is 0 Å². The average Bonchev–Trinajstić information content (AvgIpc) is 2.91. The molecule has 0 aromatic heterocycles. The van der Waals surface area contributed by atoms with E-state index in [-0.39, 0.29) is 36.0 Å². The number of piperazine rings is 1. The van der Waals surface area contributed by atoms with E-state index >= 15 is 0 Å². The fourth-order valence-electron chi connectivity index (χ4n) is 5.19. The summed E-state index contributed by atoms with van der Waals surface area (Å²) in [5, 5.41) is 3.02. The molecule has 0 atom stereocenters. The average molecular weight is 553 g/mol. The molecule has 0 aliphatic carbocycles. The summed E-state index contributed by atoms with van der Waals surface area (Å²) in [5.41, 5.74) is 1.87. The number of hydrogen-bond acceptors (Lipinski definition) is 6. The molecule has 1 aliphatic heterocycles. The molecule has 10 heteroatoms. The van der Waals surface area contributed by atoms with Gasteiger partial charge in [-0.25, -0.2) is 16.8 Å². The summed E-state index contributed by atoms with van der Waals surface area (Å²) in [4.78, 5) is 4.38. The van der Waals surface area contributed by atoms with Gasteiger partial charge >= 0.3 is 0 Å². The first-order valence-electron chi connectivity index (χ1n) is 12.4. The van der Waals surface area contributed by atoms with Gasteiger partial charge in [0.05, 0.1) is 9.79 Å². The van der Waals surface area contributed by atoms with Gasteiger partial charge in [-0.3, -0.25) is 0 Å². The van der Waals surface area contributed by atoms with Crippen LogP contribution in [0.5, 0.6) is 0 Å². The van der Waals surface area contributed by atoms with Crippen molar-refractivity contribution in [2.45, 2.75) is 9.79 Å². The fraction of sp³-hybridized carbons (Fsp3) is 0.286. The van der Waals surface area contributed by atoms with E-state index in [1.807, 2.05) is 86.5 Å². The van der Waals surface area contributed by atoms with Crippen LogP contribution in [0.1, 0.15) is 0 Å². The summed E-state index contributed by atoms with van der Waals surface area (Å²) in [6.07, 6.45) is 0. The number of anilines is 2. The Kier molecular flexibility index (Phi) is 6.85. The second-order valence-corrected chi connectivity index (χ2v) is 13.7. The van der Waals surface area contributed by atoms with Crippen LogP contribution in [0.3, 0.4) is 0 Å². The van der Waals surface area contributed by atoms with Crippen LogP contribution in [0.25, 0.3) is 21.5 Å². The molecule has 0 radical (unpaired) electrons. The summed E-state index contributed by atoms with van der Waals surface area (Å²) in [6, 6.07) is 21.8. The number of sulfonamides is 2. The lowest BCUT2D eigenvalue weighted by atomic mass is 10.1. The lowest BCUT2D eigenvalue weighted by Crippen LogP contribution is -2.50. The van der Waals surface area contributed by atoms with Crippen LogP contribution < -0.4 is 9.80 Å². The molecule has 0 bridgehead atoms. The second-order valence-electron chi connectivity index (χ2n) is 9.85. The van der Waals surface area contributed by atoms with E-state index < -0.39 is 20.0 Å². The maximum atomic E-state index is 13.7. The molecule has 0 saturated carbocycles. The highest BCUT2D eigenvalue weighted by Crippen LogP contribution is 2.34. The van der Waals surface area contributed by atoms with Gasteiger partial charge in [0.1, 0.15) is 0 Å². The van der Waals surface area contributed by atoms with Crippen LogP contribution in [-0.4, -0.2) is 79.8 Å². The minimum atomic E-state index is -3.83. The Labute approximate surface area is 224 Å². The summed E-state index contributed by atoms with van der Waals surface area (Å²) in [6.45, 7) is 0.330. The molecular formula is C28H32N4O4S2. The Balaban J connectivity index is 1.44. The lowest BCUT2D eigenvalue weighted by Gasteiger charge is -2.33. The number of hydrogen-bond donors (Lipinski definition) is 0. The SMILES string of the molecule is CN(C)c1cccc2c(S(=O)(=O)N3CCN(S(=O)(=O)c4cccc5c(N(C)C)cccc45)CC3)cccc12. The van der Waals surface area contributed by atoms with E-state index in [0.29, 0.717) is 10.8 Å². The Morgan fingerprint density at radius 3 is 1.16 bits per heavy atom. The maximum absolute atomic E-state index is 13.7. The molecule has 1 heterocycles. The summed E-state index contributed by atoms with van der Waals surface area (Å²) >= 11 is 0. The Morgan fingerprint density at radius 2 is 0.816 bits per heavy atom. The van der Waals surface area contributed by atoms with Crippen molar-refractivity contribution in [2.75, 3.05) is 64.2 Å². The largest absolute Gasteiger partial charge is 0.377 e. The van der Waals surface area contributed by atoms with Gasteiger partial charge < -0.3 is 9.80 Å². The number of nitrogens with zero attached hydrogens (tertiary/aromatic N) is 4. The number of rotatable bonds is 6. The Bertz CT molecular complexity index is 1600. The topological polar surface area (TPSA) is 81.2 Å². The Morgan fingerprint density at radius 1 is 0.500 bits per heavy atom. The molecule has 4 aromatic carbocycles. The van der Waals surface area contributed by atoms with E-state index in [9.17, 15) is 16.8 Å². The van der Waals surface area contributed by atoms with Crippen molar-refractivity contribution >= 4 is 53.0 Å². The molecule has 1 aliphatic rings. The molecule has 5 rings (SSSR count). The van der Waals surface area contributed by atoms with Gasteiger partial charge in [0, 0.05) is 87.3 Å². The van der Waals surface area contributed by atoms with Crippen molar-refractivity contribution < 1.29 is 16.8 Å². The smallest absolute Gasteiger partial charge is 0.243 e. The molecular weight excluding hydrogens is 520 g/mol. The summed E-state index contributed by atoms with van der Waals surface area (Å²) in [5.74, 6) is 0. The van der Waals surface area contributed by atoms with Crippen molar-refractivity contribution in [3.05, 3.63) is 72.8 Å². The third kappa shape index (κ3) is 4.41. The van der Waals surface area contributed by atoms with E-state index in [1.54, 1.807) is 24.3 Å². The van der Waals surface area contributed by atoms with Crippen LogP contribution in [-0.2, 0) is 20.0 Å². The van der Waals surface area contributed by atoms with Gasteiger partial charge in [0.15, 0.2) is 0 Å². The van der Waals surface area contributed by atoms with Gasteiger partial charge in [-0.1, -0.05) is 48.5 Å².